The summed E-state index contributed by atoms with van der Waals surface area (Å²) in [6, 6.07) is 14.8. The van der Waals surface area contributed by atoms with Crippen LogP contribution in [0.5, 0.6) is 0 Å². The molecule has 0 atom stereocenters. The molecule has 4 rings (SSSR count). The van der Waals surface area contributed by atoms with Crippen LogP contribution in [0.4, 0.5) is 11.4 Å². The van der Waals surface area contributed by atoms with E-state index in [1.807, 2.05) is 48.0 Å². The highest BCUT2D eigenvalue weighted by atomic mass is 32.2. The molecule has 1 saturated heterocycles. The van der Waals surface area contributed by atoms with Gasteiger partial charge in [-0.3, -0.25) is 9.59 Å². The maximum atomic E-state index is 12.5. The second kappa shape index (κ2) is 8.48. The number of nitrogens with one attached hydrogen (secondary N) is 1. The number of carbonyl (C=O) groups excluding carboxylic acids is 2. The van der Waals surface area contributed by atoms with Crippen molar-refractivity contribution in [2.45, 2.75) is 29.3 Å². The van der Waals surface area contributed by atoms with Gasteiger partial charge in [-0.05, 0) is 73.1 Å². The molecule has 2 heterocycles. The SMILES string of the molecule is Cn1cnnc1Sc1ccc(NC(=O)c2ccc(N3CCCCC3=O)cc2)cc1. The van der Waals surface area contributed by atoms with E-state index in [4.69, 9.17) is 0 Å². The van der Waals surface area contributed by atoms with Crippen molar-refractivity contribution in [2.24, 2.45) is 7.05 Å². The second-order valence-electron chi connectivity index (χ2n) is 6.85. The van der Waals surface area contributed by atoms with Gasteiger partial charge in [0.1, 0.15) is 6.33 Å². The normalized spacial score (nSPS) is 14.1. The minimum atomic E-state index is -0.185. The fraction of sp³-hybridized carbons (Fsp3) is 0.238. The Morgan fingerprint density at radius 1 is 1.07 bits per heavy atom. The Labute approximate surface area is 173 Å². The summed E-state index contributed by atoms with van der Waals surface area (Å²) in [5, 5.41) is 11.6. The number of amides is 2. The lowest BCUT2D eigenvalue weighted by Crippen LogP contribution is -2.35. The molecule has 1 fully saturated rings. The van der Waals surface area contributed by atoms with Crippen molar-refractivity contribution in [3.63, 3.8) is 0 Å². The molecule has 0 spiro atoms. The molecule has 1 aliphatic rings. The van der Waals surface area contributed by atoms with Crippen molar-refractivity contribution in [2.75, 3.05) is 16.8 Å². The summed E-state index contributed by atoms with van der Waals surface area (Å²) in [7, 11) is 1.89. The first-order chi connectivity index (χ1) is 14.1. The average molecular weight is 407 g/mol. The average Bonchev–Trinajstić information content (AvgIpc) is 3.14. The molecule has 3 aromatic rings. The number of nitrogens with zero attached hydrogens (tertiary/aromatic N) is 4. The standard InChI is InChI=1S/C21H21N5O2S/c1-25-14-22-24-21(25)29-18-11-7-16(8-12-18)23-20(28)15-5-9-17(10-6-15)26-13-3-2-4-19(26)27/h5-12,14H,2-4,13H2,1H3,(H,23,28). The van der Waals surface area contributed by atoms with Gasteiger partial charge in [-0.1, -0.05) is 0 Å². The van der Waals surface area contributed by atoms with Crippen molar-refractivity contribution in [1.82, 2.24) is 14.8 Å². The Kier molecular flexibility index (Phi) is 5.62. The van der Waals surface area contributed by atoms with E-state index in [2.05, 4.69) is 15.5 Å². The molecule has 0 unspecified atom stereocenters. The van der Waals surface area contributed by atoms with E-state index in [0.29, 0.717) is 17.7 Å². The number of benzene rings is 2. The maximum absolute atomic E-state index is 12.5. The summed E-state index contributed by atoms with van der Waals surface area (Å²) in [5.41, 5.74) is 2.11. The Morgan fingerprint density at radius 2 is 1.83 bits per heavy atom. The maximum Gasteiger partial charge on any atom is 0.255 e. The van der Waals surface area contributed by atoms with Crippen LogP contribution >= 0.6 is 11.8 Å². The number of hydrogen-bond acceptors (Lipinski definition) is 5. The van der Waals surface area contributed by atoms with E-state index in [0.717, 1.165) is 35.1 Å². The van der Waals surface area contributed by atoms with Crippen LogP contribution in [-0.2, 0) is 11.8 Å². The Bertz CT molecular complexity index is 1010. The minimum Gasteiger partial charge on any atom is -0.322 e. The molecule has 1 aromatic heterocycles. The van der Waals surface area contributed by atoms with Crippen LogP contribution in [0.15, 0.2) is 64.9 Å². The third kappa shape index (κ3) is 4.48. The Balaban J connectivity index is 1.38. The predicted octanol–water partition coefficient (Wildman–Crippen LogP) is 3.74. The smallest absolute Gasteiger partial charge is 0.255 e. The fourth-order valence-corrected chi connectivity index (χ4v) is 3.91. The van der Waals surface area contributed by atoms with Gasteiger partial charge in [-0.25, -0.2) is 0 Å². The molecule has 7 nitrogen and oxygen atoms in total. The first-order valence-electron chi connectivity index (χ1n) is 9.44. The van der Waals surface area contributed by atoms with Gasteiger partial charge in [0.2, 0.25) is 5.91 Å². The number of carbonyl (C=O) groups is 2. The molecule has 2 aromatic carbocycles. The first kappa shape index (κ1) is 19.2. The summed E-state index contributed by atoms with van der Waals surface area (Å²) >= 11 is 1.50. The predicted molar refractivity (Wildman–Crippen MR) is 112 cm³/mol. The minimum absolute atomic E-state index is 0.146. The van der Waals surface area contributed by atoms with Gasteiger partial charge in [0.25, 0.3) is 5.91 Å². The number of hydrogen-bond donors (Lipinski definition) is 1. The van der Waals surface area contributed by atoms with Crippen molar-refractivity contribution in [3.05, 3.63) is 60.4 Å². The zero-order valence-electron chi connectivity index (χ0n) is 16.0. The van der Waals surface area contributed by atoms with Crippen LogP contribution in [0, 0.1) is 0 Å². The van der Waals surface area contributed by atoms with Crippen molar-refractivity contribution in [3.8, 4) is 0 Å². The van der Waals surface area contributed by atoms with Crippen molar-refractivity contribution >= 4 is 35.0 Å². The van der Waals surface area contributed by atoms with E-state index in [1.54, 1.807) is 23.4 Å². The molecule has 1 N–H and O–H groups in total. The topological polar surface area (TPSA) is 80.1 Å². The third-order valence-electron chi connectivity index (χ3n) is 4.76. The van der Waals surface area contributed by atoms with Gasteiger partial charge >= 0.3 is 0 Å². The van der Waals surface area contributed by atoms with Crippen molar-refractivity contribution in [1.29, 1.82) is 0 Å². The zero-order chi connectivity index (χ0) is 20.2. The lowest BCUT2D eigenvalue weighted by Gasteiger charge is -2.26. The second-order valence-corrected chi connectivity index (χ2v) is 7.90. The molecule has 0 saturated carbocycles. The molecule has 29 heavy (non-hydrogen) atoms. The summed E-state index contributed by atoms with van der Waals surface area (Å²) in [6.45, 7) is 0.739. The quantitative estimate of drug-likeness (QED) is 0.697. The van der Waals surface area contributed by atoms with Crippen LogP contribution in [0.2, 0.25) is 0 Å². The molecule has 8 heteroatoms. The third-order valence-corrected chi connectivity index (χ3v) is 5.82. The lowest BCUT2D eigenvalue weighted by molar-refractivity contribution is -0.119. The number of aromatic nitrogens is 3. The largest absolute Gasteiger partial charge is 0.322 e. The van der Waals surface area contributed by atoms with Gasteiger partial charge in [-0.15, -0.1) is 10.2 Å². The monoisotopic (exact) mass is 407 g/mol. The molecule has 0 aliphatic carbocycles. The number of piperidine rings is 1. The van der Waals surface area contributed by atoms with Gasteiger partial charge in [0.15, 0.2) is 5.16 Å². The summed E-state index contributed by atoms with van der Waals surface area (Å²) in [5.74, 6) is -0.0389. The van der Waals surface area contributed by atoms with Crippen LogP contribution in [0.1, 0.15) is 29.6 Å². The highest BCUT2D eigenvalue weighted by molar-refractivity contribution is 7.99. The van der Waals surface area contributed by atoms with E-state index >= 15 is 0 Å². The lowest BCUT2D eigenvalue weighted by atomic mass is 10.1. The summed E-state index contributed by atoms with van der Waals surface area (Å²) in [6.07, 6.45) is 4.21. The van der Waals surface area contributed by atoms with Crippen LogP contribution in [-0.4, -0.2) is 33.1 Å². The van der Waals surface area contributed by atoms with Gasteiger partial charge in [-0.2, -0.15) is 0 Å². The summed E-state index contributed by atoms with van der Waals surface area (Å²) in [4.78, 5) is 27.4. The molecule has 0 radical (unpaired) electrons. The molecule has 2 amide bonds. The van der Waals surface area contributed by atoms with Crippen LogP contribution in [0.3, 0.4) is 0 Å². The number of rotatable bonds is 5. The van der Waals surface area contributed by atoms with Crippen LogP contribution < -0.4 is 10.2 Å². The van der Waals surface area contributed by atoms with E-state index in [9.17, 15) is 9.59 Å². The van der Waals surface area contributed by atoms with Gasteiger partial charge in [0.05, 0.1) is 0 Å². The number of anilines is 2. The first-order valence-corrected chi connectivity index (χ1v) is 10.3. The molecular formula is C21H21N5O2S. The van der Waals surface area contributed by atoms with E-state index < -0.39 is 0 Å². The molecule has 1 aliphatic heterocycles. The Morgan fingerprint density at radius 3 is 2.48 bits per heavy atom. The van der Waals surface area contributed by atoms with E-state index in [1.165, 1.54) is 11.8 Å². The molecule has 0 bridgehead atoms. The molecule has 148 valence electrons. The molecular weight excluding hydrogens is 386 g/mol. The zero-order valence-corrected chi connectivity index (χ0v) is 16.9. The van der Waals surface area contributed by atoms with Crippen LogP contribution in [0.25, 0.3) is 0 Å². The van der Waals surface area contributed by atoms with E-state index in [-0.39, 0.29) is 11.8 Å². The Hall–Kier alpha value is -3.13. The number of aryl methyl sites for hydroxylation is 1. The highest BCUT2D eigenvalue weighted by Crippen LogP contribution is 2.27. The van der Waals surface area contributed by atoms with Gasteiger partial charge in [0, 0.05) is 41.8 Å². The summed E-state index contributed by atoms with van der Waals surface area (Å²) < 4.78 is 1.85. The van der Waals surface area contributed by atoms with Gasteiger partial charge < -0.3 is 14.8 Å². The highest BCUT2D eigenvalue weighted by Gasteiger charge is 2.19. The van der Waals surface area contributed by atoms with Crippen molar-refractivity contribution < 1.29 is 9.59 Å². The fourth-order valence-electron chi connectivity index (χ4n) is 3.15.